The highest BCUT2D eigenvalue weighted by atomic mass is 19.1. The summed E-state index contributed by atoms with van der Waals surface area (Å²) in [4.78, 5) is 22.1. The number of amides is 1. The van der Waals surface area contributed by atoms with E-state index in [1.54, 1.807) is 18.3 Å². The summed E-state index contributed by atoms with van der Waals surface area (Å²) in [5.41, 5.74) is 3.31. The number of H-pyrrole nitrogens is 1. The maximum Gasteiger partial charge on any atom is 0.234 e. The summed E-state index contributed by atoms with van der Waals surface area (Å²) in [5, 5.41) is 4.18. The smallest absolute Gasteiger partial charge is 0.234 e. The van der Waals surface area contributed by atoms with Crippen LogP contribution in [-0.2, 0) is 11.2 Å². The van der Waals surface area contributed by atoms with Crippen LogP contribution in [0, 0.1) is 5.82 Å². The molecule has 1 aromatic carbocycles. The van der Waals surface area contributed by atoms with Gasteiger partial charge in [0.1, 0.15) is 11.5 Å². The molecular weight excluding hydrogens is 355 g/mol. The third-order valence-electron chi connectivity index (χ3n) is 5.53. The fraction of sp³-hybridized carbons (Fsp3) is 0.364. The molecule has 0 spiro atoms. The predicted octanol–water partition coefficient (Wildman–Crippen LogP) is 3.24. The maximum absolute atomic E-state index is 12.9. The van der Waals surface area contributed by atoms with E-state index >= 15 is 0 Å². The minimum Gasteiger partial charge on any atom is -0.355 e. The van der Waals surface area contributed by atoms with Gasteiger partial charge in [-0.15, -0.1) is 0 Å². The number of nitrogens with zero attached hydrogens (tertiary/aromatic N) is 2. The van der Waals surface area contributed by atoms with Crippen molar-refractivity contribution >= 4 is 16.9 Å². The first-order valence-electron chi connectivity index (χ1n) is 9.84. The summed E-state index contributed by atoms with van der Waals surface area (Å²) in [6.45, 7) is 2.85. The molecule has 1 amide bonds. The number of carbonyl (C=O) groups is 1. The van der Waals surface area contributed by atoms with Crippen LogP contribution in [0.1, 0.15) is 29.9 Å². The highest BCUT2D eigenvalue weighted by molar-refractivity contribution is 5.80. The number of pyridine rings is 1. The highest BCUT2D eigenvalue weighted by Gasteiger charge is 2.24. The van der Waals surface area contributed by atoms with Crippen LogP contribution in [0.3, 0.4) is 0 Å². The minimum atomic E-state index is -0.236. The van der Waals surface area contributed by atoms with Gasteiger partial charge in [0.15, 0.2) is 0 Å². The molecule has 6 heteroatoms. The Bertz CT molecular complexity index is 929. The summed E-state index contributed by atoms with van der Waals surface area (Å²) in [6, 6.07) is 10.5. The Kier molecular flexibility index (Phi) is 5.67. The van der Waals surface area contributed by atoms with Crippen molar-refractivity contribution in [3.05, 3.63) is 65.7 Å². The van der Waals surface area contributed by atoms with E-state index in [0.717, 1.165) is 37.1 Å². The second-order valence-corrected chi connectivity index (χ2v) is 7.42. The van der Waals surface area contributed by atoms with Crippen molar-refractivity contribution in [2.45, 2.75) is 25.2 Å². The van der Waals surface area contributed by atoms with Gasteiger partial charge in [0.2, 0.25) is 5.91 Å². The van der Waals surface area contributed by atoms with E-state index in [2.05, 4.69) is 32.4 Å². The monoisotopic (exact) mass is 380 g/mol. The molecule has 1 aliphatic rings. The lowest BCUT2D eigenvalue weighted by Gasteiger charge is -2.31. The molecule has 4 rings (SSSR count). The summed E-state index contributed by atoms with van der Waals surface area (Å²) in [5.74, 6) is 0.327. The van der Waals surface area contributed by atoms with Crippen molar-refractivity contribution in [2.24, 2.45) is 0 Å². The topological polar surface area (TPSA) is 61.0 Å². The molecule has 0 bridgehead atoms. The summed E-state index contributed by atoms with van der Waals surface area (Å²) >= 11 is 0. The van der Waals surface area contributed by atoms with Crippen molar-refractivity contribution in [3.8, 4) is 0 Å². The SMILES string of the molecule is O=C(CN1CCC(c2c[nH]c3ncccc23)CC1)NCCc1ccc(F)cc1. The van der Waals surface area contributed by atoms with Gasteiger partial charge in [0, 0.05) is 24.3 Å². The molecule has 2 N–H and O–H groups in total. The Morgan fingerprint density at radius 3 is 2.79 bits per heavy atom. The van der Waals surface area contributed by atoms with Crippen molar-refractivity contribution in [2.75, 3.05) is 26.2 Å². The van der Waals surface area contributed by atoms with Gasteiger partial charge in [-0.05, 0) is 73.7 Å². The number of carbonyl (C=O) groups excluding carboxylic acids is 1. The Hall–Kier alpha value is -2.73. The molecule has 1 aliphatic heterocycles. The molecule has 0 atom stereocenters. The number of halogens is 1. The zero-order chi connectivity index (χ0) is 19.3. The van der Waals surface area contributed by atoms with E-state index in [9.17, 15) is 9.18 Å². The van der Waals surface area contributed by atoms with Gasteiger partial charge in [-0.3, -0.25) is 9.69 Å². The van der Waals surface area contributed by atoms with Crippen LogP contribution in [0.15, 0.2) is 48.8 Å². The molecule has 5 nitrogen and oxygen atoms in total. The van der Waals surface area contributed by atoms with Crippen LogP contribution < -0.4 is 5.32 Å². The number of aromatic amines is 1. The van der Waals surface area contributed by atoms with Crippen LogP contribution in [0.4, 0.5) is 4.39 Å². The lowest BCUT2D eigenvalue weighted by atomic mass is 9.89. The number of piperidine rings is 1. The largest absolute Gasteiger partial charge is 0.355 e. The molecule has 1 fully saturated rings. The Labute approximate surface area is 164 Å². The normalized spacial score (nSPS) is 15.8. The number of hydrogen-bond donors (Lipinski definition) is 2. The lowest BCUT2D eigenvalue weighted by molar-refractivity contribution is -0.122. The number of nitrogens with one attached hydrogen (secondary N) is 2. The average Bonchev–Trinajstić information content (AvgIpc) is 3.14. The van der Waals surface area contributed by atoms with Gasteiger partial charge < -0.3 is 10.3 Å². The number of aromatic nitrogens is 2. The zero-order valence-electron chi connectivity index (χ0n) is 15.8. The van der Waals surface area contributed by atoms with Crippen LogP contribution in [0.5, 0.6) is 0 Å². The van der Waals surface area contributed by atoms with Gasteiger partial charge >= 0.3 is 0 Å². The molecule has 3 heterocycles. The van der Waals surface area contributed by atoms with Gasteiger partial charge in [-0.1, -0.05) is 12.1 Å². The molecule has 3 aromatic rings. The van der Waals surface area contributed by atoms with E-state index in [1.807, 2.05) is 6.07 Å². The number of rotatable bonds is 6. The maximum atomic E-state index is 12.9. The Balaban J connectivity index is 1.22. The fourth-order valence-corrected chi connectivity index (χ4v) is 3.97. The van der Waals surface area contributed by atoms with Gasteiger partial charge in [-0.25, -0.2) is 9.37 Å². The number of fused-ring (bicyclic) bond motifs is 1. The van der Waals surface area contributed by atoms with E-state index < -0.39 is 0 Å². The quantitative estimate of drug-likeness (QED) is 0.690. The Morgan fingerprint density at radius 1 is 1.21 bits per heavy atom. The van der Waals surface area contributed by atoms with Crippen LogP contribution >= 0.6 is 0 Å². The van der Waals surface area contributed by atoms with Crippen molar-refractivity contribution in [3.63, 3.8) is 0 Å². The second kappa shape index (κ2) is 8.52. The third kappa shape index (κ3) is 4.39. The Morgan fingerprint density at radius 2 is 2.00 bits per heavy atom. The molecule has 0 aliphatic carbocycles. The summed E-state index contributed by atoms with van der Waals surface area (Å²) in [6.07, 6.45) is 6.69. The number of hydrogen-bond acceptors (Lipinski definition) is 3. The van der Waals surface area contributed by atoms with Gasteiger partial charge in [0.25, 0.3) is 0 Å². The zero-order valence-corrected chi connectivity index (χ0v) is 15.8. The van der Waals surface area contributed by atoms with Crippen LogP contribution in [0.25, 0.3) is 11.0 Å². The number of likely N-dealkylation sites (tertiary alicyclic amines) is 1. The third-order valence-corrected chi connectivity index (χ3v) is 5.53. The molecule has 0 saturated carbocycles. The summed E-state index contributed by atoms with van der Waals surface area (Å²) in [7, 11) is 0. The number of benzene rings is 1. The van der Waals surface area contributed by atoms with Crippen LogP contribution in [0.2, 0.25) is 0 Å². The molecule has 0 unspecified atom stereocenters. The highest BCUT2D eigenvalue weighted by Crippen LogP contribution is 2.32. The van der Waals surface area contributed by atoms with Crippen molar-refractivity contribution in [1.29, 1.82) is 0 Å². The minimum absolute atomic E-state index is 0.0526. The van der Waals surface area contributed by atoms with Gasteiger partial charge in [-0.2, -0.15) is 0 Å². The molecular formula is C22H25FN4O. The molecule has 146 valence electrons. The van der Waals surface area contributed by atoms with Gasteiger partial charge in [0.05, 0.1) is 6.54 Å². The molecule has 28 heavy (non-hydrogen) atoms. The molecule has 0 radical (unpaired) electrons. The first-order valence-corrected chi connectivity index (χ1v) is 9.84. The van der Waals surface area contributed by atoms with Crippen LogP contribution in [-0.4, -0.2) is 47.0 Å². The first-order chi connectivity index (χ1) is 13.7. The van der Waals surface area contributed by atoms with E-state index in [4.69, 9.17) is 0 Å². The summed E-state index contributed by atoms with van der Waals surface area (Å²) < 4.78 is 12.9. The van der Waals surface area contributed by atoms with E-state index in [0.29, 0.717) is 25.4 Å². The van der Waals surface area contributed by atoms with E-state index in [-0.39, 0.29) is 11.7 Å². The predicted molar refractivity (Wildman–Crippen MR) is 108 cm³/mol. The van der Waals surface area contributed by atoms with Crippen molar-refractivity contribution in [1.82, 2.24) is 20.2 Å². The first kappa shape index (κ1) is 18.6. The van der Waals surface area contributed by atoms with Crippen molar-refractivity contribution < 1.29 is 9.18 Å². The molecule has 1 saturated heterocycles. The second-order valence-electron chi connectivity index (χ2n) is 7.42. The lowest BCUT2D eigenvalue weighted by Crippen LogP contribution is -2.41. The van der Waals surface area contributed by atoms with E-state index in [1.165, 1.54) is 23.1 Å². The molecule has 2 aromatic heterocycles. The average molecular weight is 380 g/mol. The fourth-order valence-electron chi connectivity index (χ4n) is 3.97. The standard InChI is InChI=1S/C22H25FN4O/c23-18-5-3-16(4-6-18)7-11-24-21(28)15-27-12-8-17(9-13-27)20-14-26-22-19(20)2-1-10-25-22/h1-6,10,14,17H,7-9,11-13,15H2,(H,24,28)(H,25,26).